The van der Waals surface area contributed by atoms with Gasteiger partial charge in [-0.3, -0.25) is 4.68 Å². The highest BCUT2D eigenvalue weighted by atomic mass is 32.2. The maximum atomic E-state index is 12.6. The monoisotopic (exact) mass is 286 g/mol. The second kappa shape index (κ2) is 6.02. The summed E-state index contributed by atoms with van der Waals surface area (Å²) in [5.74, 6) is 0. The van der Waals surface area contributed by atoms with Gasteiger partial charge in [-0.1, -0.05) is 13.3 Å². The molecule has 1 N–H and O–H groups in total. The number of piperidine rings is 1. The molecule has 0 saturated carbocycles. The van der Waals surface area contributed by atoms with Crippen LogP contribution in [0.5, 0.6) is 0 Å². The third-order valence-electron chi connectivity index (χ3n) is 3.57. The summed E-state index contributed by atoms with van der Waals surface area (Å²) in [4.78, 5) is 0. The minimum Gasteiger partial charge on any atom is -0.313 e. The first-order chi connectivity index (χ1) is 9.05. The summed E-state index contributed by atoms with van der Waals surface area (Å²) in [7, 11) is -1.79. The summed E-state index contributed by atoms with van der Waals surface area (Å²) in [5, 5.41) is 7.58. The first kappa shape index (κ1) is 14.5. The molecule has 1 aliphatic rings. The summed E-state index contributed by atoms with van der Waals surface area (Å²) in [6.07, 6.45) is 4.90. The van der Waals surface area contributed by atoms with Gasteiger partial charge in [0.25, 0.3) is 10.0 Å². The van der Waals surface area contributed by atoms with E-state index in [-0.39, 0.29) is 11.1 Å². The van der Waals surface area contributed by atoms with E-state index in [1.165, 1.54) is 28.0 Å². The molecule has 108 valence electrons. The molecule has 1 fully saturated rings. The van der Waals surface area contributed by atoms with Gasteiger partial charge in [-0.25, -0.2) is 8.42 Å². The number of aromatic nitrogens is 2. The Bertz CT molecular complexity index is 506. The van der Waals surface area contributed by atoms with Gasteiger partial charge in [-0.2, -0.15) is 9.40 Å². The smallest absolute Gasteiger partial charge is 0.260 e. The predicted octanol–water partition coefficient (Wildman–Crippen LogP) is 0.573. The molecule has 1 saturated heterocycles. The highest BCUT2D eigenvalue weighted by Crippen LogP contribution is 2.16. The van der Waals surface area contributed by atoms with Gasteiger partial charge >= 0.3 is 0 Å². The van der Waals surface area contributed by atoms with Gasteiger partial charge in [0.05, 0.1) is 6.20 Å². The lowest BCUT2D eigenvalue weighted by atomic mass is 10.1. The van der Waals surface area contributed by atoms with E-state index in [0.29, 0.717) is 13.1 Å². The molecule has 6 nitrogen and oxygen atoms in total. The lowest BCUT2D eigenvalue weighted by Crippen LogP contribution is -2.45. The second-order valence-electron chi connectivity index (χ2n) is 4.90. The zero-order valence-electron chi connectivity index (χ0n) is 11.5. The normalized spacial score (nSPS) is 20.9. The predicted molar refractivity (Wildman–Crippen MR) is 73.3 cm³/mol. The van der Waals surface area contributed by atoms with Crippen molar-refractivity contribution >= 4 is 10.0 Å². The Morgan fingerprint density at radius 1 is 1.53 bits per heavy atom. The molecule has 1 aromatic heterocycles. The third-order valence-corrected chi connectivity index (χ3v) is 5.59. The highest BCUT2D eigenvalue weighted by Gasteiger charge is 2.28. The second-order valence-corrected chi connectivity index (χ2v) is 6.78. The Labute approximate surface area is 114 Å². The molecule has 0 aromatic carbocycles. The summed E-state index contributed by atoms with van der Waals surface area (Å²) < 4.78 is 28.1. The molecule has 2 rings (SSSR count). The standard InChI is InChI=1S/C12H22N4O2S/c1-3-16(10-11-6-4-5-8-13-11)19(17,18)12-7-9-14-15(12)2/h7,9,11,13H,3-6,8,10H2,1-2H3. The van der Waals surface area contributed by atoms with Crippen molar-refractivity contribution in [2.75, 3.05) is 19.6 Å². The van der Waals surface area contributed by atoms with Gasteiger partial charge < -0.3 is 5.32 Å². The van der Waals surface area contributed by atoms with Crippen molar-refractivity contribution in [3.8, 4) is 0 Å². The SMILES string of the molecule is CCN(CC1CCCCN1)S(=O)(=O)c1ccnn1C. The topological polar surface area (TPSA) is 67.2 Å². The van der Waals surface area contributed by atoms with Crippen molar-refractivity contribution in [1.29, 1.82) is 0 Å². The van der Waals surface area contributed by atoms with Crippen LogP contribution in [0.2, 0.25) is 0 Å². The number of hydrogen-bond acceptors (Lipinski definition) is 4. The quantitative estimate of drug-likeness (QED) is 0.859. The molecule has 19 heavy (non-hydrogen) atoms. The van der Waals surface area contributed by atoms with Crippen LogP contribution in [0.25, 0.3) is 0 Å². The van der Waals surface area contributed by atoms with Crippen LogP contribution < -0.4 is 5.32 Å². The fourth-order valence-electron chi connectivity index (χ4n) is 2.47. The molecule has 1 aliphatic heterocycles. The molecule has 1 aromatic rings. The lowest BCUT2D eigenvalue weighted by molar-refractivity contribution is 0.318. The fraction of sp³-hybridized carbons (Fsp3) is 0.750. The first-order valence-corrected chi connectivity index (χ1v) is 8.21. The Kier molecular flexibility index (Phi) is 4.59. The number of rotatable bonds is 5. The number of nitrogens with zero attached hydrogens (tertiary/aromatic N) is 3. The van der Waals surface area contributed by atoms with Crippen LogP contribution in [-0.4, -0.2) is 48.2 Å². The van der Waals surface area contributed by atoms with Gasteiger partial charge in [0.15, 0.2) is 5.03 Å². The highest BCUT2D eigenvalue weighted by molar-refractivity contribution is 7.89. The van der Waals surface area contributed by atoms with E-state index in [1.54, 1.807) is 13.1 Å². The third kappa shape index (κ3) is 3.16. The number of sulfonamides is 1. The molecule has 0 radical (unpaired) electrons. The van der Waals surface area contributed by atoms with Gasteiger partial charge in [-0.05, 0) is 25.5 Å². The Morgan fingerprint density at radius 2 is 2.32 bits per heavy atom. The molecule has 1 unspecified atom stereocenters. The van der Waals surface area contributed by atoms with Crippen molar-refractivity contribution in [2.45, 2.75) is 37.3 Å². The van der Waals surface area contributed by atoms with Crippen molar-refractivity contribution in [1.82, 2.24) is 19.4 Å². The van der Waals surface area contributed by atoms with Crippen molar-refractivity contribution in [3.05, 3.63) is 12.3 Å². The summed E-state index contributed by atoms with van der Waals surface area (Å²) >= 11 is 0. The van der Waals surface area contributed by atoms with Gasteiger partial charge in [0, 0.05) is 26.2 Å². The molecule has 0 amide bonds. The van der Waals surface area contributed by atoms with E-state index >= 15 is 0 Å². The molecule has 0 aliphatic carbocycles. The van der Waals surface area contributed by atoms with Crippen LogP contribution in [0.1, 0.15) is 26.2 Å². The van der Waals surface area contributed by atoms with Gasteiger partial charge in [0.1, 0.15) is 0 Å². The molecule has 2 heterocycles. The van der Waals surface area contributed by atoms with E-state index in [0.717, 1.165) is 13.0 Å². The number of likely N-dealkylation sites (N-methyl/N-ethyl adjacent to an activating group) is 1. The minimum absolute atomic E-state index is 0.255. The summed E-state index contributed by atoms with van der Waals surface area (Å²) in [5.41, 5.74) is 0. The molecular formula is C12H22N4O2S. The zero-order valence-corrected chi connectivity index (χ0v) is 12.4. The largest absolute Gasteiger partial charge is 0.313 e. The van der Waals surface area contributed by atoms with Crippen LogP contribution in [0.4, 0.5) is 0 Å². The Morgan fingerprint density at radius 3 is 2.84 bits per heavy atom. The molecule has 1 atom stereocenters. The van der Waals surface area contributed by atoms with E-state index < -0.39 is 10.0 Å². The number of nitrogens with one attached hydrogen (secondary N) is 1. The van der Waals surface area contributed by atoms with Crippen LogP contribution >= 0.6 is 0 Å². The Balaban J connectivity index is 2.14. The average molecular weight is 286 g/mol. The van der Waals surface area contributed by atoms with Gasteiger partial charge in [-0.15, -0.1) is 0 Å². The van der Waals surface area contributed by atoms with Crippen LogP contribution in [-0.2, 0) is 17.1 Å². The van der Waals surface area contributed by atoms with E-state index in [1.807, 2.05) is 6.92 Å². The van der Waals surface area contributed by atoms with E-state index in [4.69, 9.17) is 0 Å². The minimum atomic E-state index is -3.44. The lowest BCUT2D eigenvalue weighted by Gasteiger charge is -2.29. The zero-order chi connectivity index (χ0) is 13.9. The van der Waals surface area contributed by atoms with Crippen LogP contribution in [0, 0.1) is 0 Å². The van der Waals surface area contributed by atoms with E-state index in [2.05, 4.69) is 10.4 Å². The molecule has 0 bridgehead atoms. The number of hydrogen-bond donors (Lipinski definition) is 1. The summed E-state index contributed by atoms with van der Waals surface area (Å²) in [6.45, 7) is 3.86. The molecule has 7 heteroatoms. The molecule has 0 spiro atoms. The maximum Gasteiger partial charge on any atom is 0.260 e. The maximum absolute atomic E-state index is 12.6. The van der Waals surface area contributed by atoms with Crippen LogP contribution in [0.3, 0.4) is 0 Å². The first-order valence-electron chi connectivity index (χ1n) is 6.77. The average Bonchev–Trinajstić information content (AvgIpc) is 2.84. The Hall–Kier alpha value is -0.920. The van der Waals surface area contributed by atoms with Crippen LogP contribution in [0.15, 0.2) is 17.3 Å². The van der Waals surface area contributed by atoms with E-state index in [9.17, 15) is 8.42 Å². The number of aryl methyl sites for hydroxylation is 1. The molecular weight excluding hydrogens is 264 g/mol. The van der Waals surface area contributed by atoms with Gasteiger partial charge in [0.2, 0.25) is 0 Å². The van der Waals surface area contributed by atoms with Crippen molar-refractivity contribution in [3.63, 3.8) is 0 Å². The van der Waals surface area contributed by atoms with Crippen molar-refractivity contribution < 1.29 is 8.42 Å². The summed E-state index contributed by atoms with van der Waals surface area (Å²) in [6, 6.07) is 1.81. The fourth-order valence-corrected chi connectivity index (χ4v) is 4.06. The van der Waals surface area contributed by atoms with Crippen molar-refractivity contribution in [2.24, 2.45) is 7.05 Å².